The lowest BCUT2D eigenvalue weighted by Gasteiger charge is -2.32. The maximum Gasteiger partial charge on any atom is 0.328 e. The van der Waals surface area contributed by atoms with Gasteiger partial charge >= 0.3 is 11.9 Å². The van der Waals surface area contributed by atoms with Gasteiger partial charge in [-0.1, -0.05) is 28.1 Å². The van der Waals surface area contributed by atoms with Crippen molar-refractivity contribution in [3.63, 3.8) is 0 Å². The van der Waals surface area contributed by atoms with Crippen LogP contribution in [0.1, 0.15) is 0 Å². The number of nitrogens with zero attached hydrogens (tertiary/aromatic N) is 5. The Bertz CT molecular complexity index is 1200. The Morgan fingerprint density at radius 2 is 1.71 bits per heavy atom. The number of carboxylic acids is 2. The predicted molar refractivity (Wildman–Crippen MR) is 129 cm³/mol. The average Bonchev–Trinajstić information content (AvgIpc) is 3.17. The SMILES string of the molecule is CN1CCN(C(=O)Cn2c(-c3cccc(Br)c3)nc3cccnc32)CC1.O=C(O)/C=C/C(=O)O. The van der Waals surface area contributed by atoms with E-state index < -0.39 is 11.9 Å². The van der Waals surface area contributed by atoms with E-state index in [1.54, 1.807) is 6.20 Å². The van der Waals surface area contributed by atoms with Gasteiger partial charge in [0.25, 0.3) is 0 Å². The van der Waals surface area contributed by atoms with Crippen molar-refractivity contribution in [2.24, 2.45) is 0 Å². The molecule has 1 fully saturated rings. The van der Waals surface area contributed by atoms with E-state index in [-0.39, 0.29) is 12.5 Å². The molecule has 0 bridgehead atoms. The Morgan fingerprint density at radius 3 is 2.32 bits per heavy atom. The molecular weight excluding hydrogens is 506 g/mol. The highest BCUT2D eigenvalue weighted by Crippen LogP contribution is 2.26. The van der Waals surface area contributed by atoms with Crippen molar-refractivity contribution in [3.05, 3.63) is 59.2 Å². The lowest BCUT2D eigenvalue weighted by atomic mass is 10.2. The Morgan fingerprint density at radius 1 is 1.03 bits per heavy atom. The molecule has 34 heavy (non-hydrogen) atoms. The van der Waals surface area contributed by atoms with Gasteiger partial charge in [-0.15, -0.1) is 0 Å². The molecule has 1 aromatic carbocycles. The van der Waals surface area contributed by atoms with Gasteiger partial charge in [0.15, 0.2) is 5.65 Å². The molecule has 2 aromatic heterocycles. The fourth-order valence-corrected chi connectivity index (χ4v) is 3.79. The second-order valence-corrected chi connectivity index (χ2v) is 8.49. The largest absolute Gasteiger partial charge is 0.478 e. The topological polar surface area (TPSA) is 129 Å². The number of carbonyl (C=O) groups excluding carboxylic acids is 1. The third-order valence-corrected chi connectivity index (χ3v) is 5.60. The number of carbonyl (C=O) groups is 3. The number of fused-ring (bicyclic) bond motifs is 1. The van der Waals surface area contributed by atoms with Crippen molar-refractivity contribution in [1.29, 1.82) is 0 Å². The normalized spacial score (nSPS) is 14.1. The number of halogens is 1. The maximum absolute atomic E-state index is 12.9. The molecule has 0 aliphatic carbocycles. The molecular formula is C23H24BrN5O5. The van der Waals surface area contributed by atoms with E-state index in [1.165, 1.54) is 0 Å². The van der Waals surface area contributed by atoms with Crippen LogP contribution in [0.25, 0.3) is 22.6 Å². The second kappa shape index (κ2) is 11.5. The van der Waals surface area contributed by atoms with Crippen LogP contribution in [0.5, 0.6) is 0 Å². The molecule has 11 heteroatoms. The van der Waals surface area contributed by atoms with Crippen LogP contribution in [0, 0.1) is 0 Å². The lowest BCUT2D eigenvalue weighted by molar-refractivity contribution is -0.134. The summed E-state index contributed by atoms with van der Waals surface area (Å²) < 4.78 is 2.91. The molecule has 1 aliphatic heterocycles. The Hall–Kier alpha value is -3.57. The summed E-state index contributed by atoms with van der Waals surface area (Å²) in [6.07, 6.45) is 2.86. The van der Waals surface area contributed by atoms with Crippen LogP contribution in [0.15, 0.2) is 59.2 Å². The minimum Gasteiger partial charge on any atom is -0.478 e. The van der Waals surface area contributed by atoms with Crippen LogP contribution in [-0.2, 0) is 20.9 Å². The van der Waals surface area contributed by atoms with Gasteiger partial charge in [0.05, 0.1) is 0 Å². The molecule has 0 saturated carbocycles. The van der Waals surface area contributed by atoms with Gasteiger partial charge in [0, 0.05) is 54.6 Å². The molecule has 4 rings (SSSR count). The van der Waals surface area contributed by atoms with Crippen LogP contribution >= 0.6 is 15.9 Å². The number of aromatic nitrogens is 3. The number of benzene rings is 1. The zero-order chi connectivity index (χ0) is 24.7. The summed E-state index contributed by atoms with van der Waals surface area (Å²) in [5.74, 6) is -1.64. The van der Waals surface area contributed by atoms with Gasteiger partial charge in [-0.25, -0.2) is 19.6 Å². The summed E-state index contributed by atoms with van der Waals surface area (Å²) in [5.41, 5.74) is 2.50. The number of amides is 1. The van der Waals surface area contributed by atoms with Gasteiger partial charge in [-0.2, -0.15) is 0 Å². The molecule has 3 aromatic rings. The number of rotatable bonds is 5. The van der Waals surface area contributed by atoms with Crippen LogP contribution in [0.4, 0.5) is 0 Å². The minimum absolute atomic E-state index is 0.110. The van der Waals surface area contributed by atoms with Gasteiger partial charge in [0.2, 0.25) is 5.91 Å². The van der Waals surface area contributed by atoms with E-state index in [0.717, 1.165) is 53.2 Å². The first-order valence-electron chi connectivity index (χ1n) is 10.4. The van der Waals surface area contributed by atoms with E-state index in [0.29, 0.717) is 12.2 Å². The van der Waals surface area contributed by atoms with E-state index in [4.69, 9.17) is 15.2 Å². The molecule has 178 valence electrons. The molecule has 1 aliphatic rings. The molecule has 0 radical (unpaired) electrons. The number of pyridine rings is 1. The molecule has 3 heterocycles. The smallest absolute Gasteiger partial charge is 0.328 e. The Balaban J connectivity index is 0.000000350. The Labute approximate surface area is 204 Å². The van der Waals surface area contributed by atoms with Crippen LogP contribution in [0.2, 0.25) is 0 Å². The highest BCUT2D eigenvalue weighted by Gasteiger charge is 2.22. The van der Waals surface area contributed by atoms with E-state index in [2.05, 4.69) is 32.9 Å². The molecule has 0 atom stereocenters. The summed E-state index contributed by atoms with van der Waals surface area (Å²) >= 11 is 3.51. The first-order valence-corrected chi connectivity index (χ1v) is 11.2. The van der Waals surface area contributed by atoms with E-state index in [9.17, 15) is 14.4 Å². The minimum atomic E-state index is -1.26. The van der Waals surface area contributed by atoms with Crippen LogP contribution < -0.4 is 0 Å². The van der Waals surface area contributed by atoms with E-state index >= 15 is 0 Å². The number of hydrogen-bond donors (Lipinski definition) is 2. The summed E-state index contributed by atoms with van der Waals surface area (Å²) in [5, 5.41) is 15.6. The van der Waals surface area contributed by atoms with Crippen LogP contribution in [-0.4, -0.2) is 85.6 Å². The fourth-order valence-electron chi connectivity index (χ4n) is 3.39. The maximum atomic E-state index is 12.9. The van der Waals surface area contributed by atoms with Crippen molar-refractivity contribution in [1.82, 2.24) is 24.3 Å². The number of aliphatic carboxylic acids is 2. The molecule has 1 saturated heterocycles. The molecule has 1 amide bonds. The quantitative estimate of drug-likeness (QED) is 0.481. The van der Waals surface area contributed by atoms with Crippen molar-refractivity contribution >= 4 is 44.9 Å². The Kier molecular flexibility index (Phi) is 8.50. The highest BCUT2D eigenvalue weighted by atomic mass is 79.9. The summed E-state index contributed by atoms with van der Waals surface area (Å²) in [6, 6.07) is 11.8. The summed E-state index contributed by atoms with van der Waals surface area (Å²) in [7, 11) is 2.08. The number of hydrogen-bond acceptors (Lipinski definition) is 6. The van der Waals surface area contributed by atoms with Crippen molar-refractivity contribution < 1.29 is 24.6 Å². The van der Waals surface area contributed by atoms with Gasteiger partial charge in [0.1, 0.15) is 17.9 Å². The van der Waals surface area contributed by atoms with Gasteiger partial charge in [-0.3, -0.25) is 9.36 Å². The number of likely N-dealkylation sites (N-methyl/N-ethyl adjacent to an activating group) is 1. The molecule has 2 N–H and O–H groups in total. The van der Waals surface area contributed by atoms with E-state index in [1.807, 2.05) is 45.9 Å². The molecule has 10 nitrogen and oxygen atoms in total. The summed E-state index contributed by atoms with van der Waals surface area (Å²) in [6.45, 7) is 3.60. The third kappa shape index (κ3) is 6.72. The van der Waals surface area contributed by atoms with Crippen molar-refractivity contribution in [3.8, 4) is 11.4 Å². The average molecular weight is 530 g/mol. The number of carboxylic acid groups (broad SMARTS) is 2. The summed E-state index contributed by atoms with van der Waals surface area (Å²) in [4.78, 5) is 45.4. The van der Waals surface area contributed by atoms with Crippen molar-refractivity contribution in [2.45, 2.75) is 6.54 Å². The number of piperazine rings is 1. The molecule has 0 spiro atoms. The zero-order valence-electron chi connectivity index (χ0n) is 18.5. The highest BCUT2D eigenvalue weighted by molar-refractivity contribution is 9.10. The number of imidazole rings is 1. The lowest BCUT2D eigenvalue weighted by Crippen LogP contribution is -2.48. The van der Waals surface area contributed by atoms with Crippen molar-refractivity contribution in [2.75, 3.05) is 33.2 Å². The first kappa shape index (κ1) is 25.1. The van der Waals surface area contributed by atoms with Crippen LogP contribution in [0.3, 0.4) is 0 Å². The van der Waals surface area contributed by atoms with Gasteiger partial charge < -0.3 is 20.0 Å². The van der Waals surface area contributed by atoms with Gasteiger partial charge in [-0.05, 0) is 31.3 Å². The molecule has 0 unspecified atom stereocenters. The monoisotopic (exact) mass is 529 g/mol. The second-order valence-electron chi connectivity index (χ2n) is 7.57. The standard InChI is InChI=1S/C19H20BrN5O.C4H4O4/c1-23-8-10-24(11-9-23)17(26)13-25-18(14-4-2-5-15(20)12-14)22-16-6-3-7-21-19(16)25;5-3(6)1-2-4(7)8/h2-7,12H,8-11,13H2,1H3;1-2H,(H,5,6)(H,7,8)/b;2-1+. The third-order valence-electron chi connectivity index (χ3n) is 5.10. The predicted octanol–water partition coefficient (Wildman–Crippen LogP) is 2.35. The fraction of sp³-hybridized carbons (Fsp3) is 0.261. The zero-order valence-corrected chi connectivity index (χ0v) is 20.1. The first-order chi connectivity index (χ1) is 16.2.